The monoisotopic (exact) mass is 378 g/mol. The molecule has 3 rings (SSSR count). The number of nitrogens with one attached hydrogen (secondary N) is 1. The van der Waals surface area contributed by atoms with Crippen LogP contribution in [0.15, 0.2) is 38.4 Å². The fourth-order valence-electron chi connectivity index (χ4n) is 2.53. The zero-order chi connectivity index (χ0) is 18.8. The van der Waals surface area contributed by atoms with Crippen LogP contribution in [0.1, 0.15) is 34.7 Å². The Morgan fingerprint density at radius 1 is 1.31 bits per heavy atom. The van der Waals surface area contributed by atoms with E-state index in [2.05, 4.69) is 15.1 Å². The molecule has 0 spiro atoms. The second kappa shape index (κ2) is 7.25. The Labute approximate surface area is 152 Å². The lowest BCUT2D eigenvalue weighted by Gasteiger charge is -2.06. The standard InChI is InChI=1S/C17H16ClFN4O3/c1-9-12(16(24)21-17(25)23(9)2)7-15-20-14(22-26-15)8-13(19)10-3-5-11(18)6-4-10/h3-6,13H,7-8H2,1-2H3,(H,21,24,25)/t13-/m0/s1. The molecule has 0 unspecified atom stereocenters. The summed E-state index contributed by atoms with van der Waals surface area (Å²) in [5.74, 6) is 0.372. The summed E-state index contributed by atoms with van der Waals surface area (Å²) in [4.78, 5) is 29.9. The molecule has 9 heteroatoms. The molecule has 0 saturated heterocycles. The average molecular weight is 379 g/mol. The first kappa shape index (κ1) is 18.1. The number of nitrogens with zero attached hydrogens (tertiary/aromatic N) is 3. The first-order chi connectivity index (χ1) is 12.3. The van der Waals surface area contributed by atoms with Crippen molar-refractivity contribution in [2.24, 2.45) is 7.05 Å². The Morgan fingerprint density at radius 2 is 2.00 bits per heavy atom. The molecule has 136 valence electrons. The predicted octanol–water partition coefficient (Wildman–Crippen LogP) is 2.26. The van der Waals surface area contributed by atoms with Gasteiger partial charge in [-0.15, -0.1) is 0 Å². The summed E-state index contributed by atoms with van der Waals surface area (Å²) >= 11 is 5.79. The highest BCUT2D eigenvalue weighted by molar-refractivity contribution is 6.30. The van der Waals surface area contributed by atoms with E-state index >= 15 is 0 Å². The number of aromatic amines is 1. The highest BCUT2D eigenvalue weighted by Gasteiger charge is 2.18. The summed E-state index contributed by atoms with van der Waals surface area (Å²) in [7, 11) is 1.55. The fraction of sp³-hybridized carbons (Fsp3) is 0.294. The van der Waals surface area contributed by atoms with Gasteiger partial charge in [0.05, 0.1) is 6.42 Å². The summed E-state index contributed by atoms with van der Waals surface area (Å²) in [6, 6.07) is 6.42. The number of rotatable bonds is 5. The number of halogens is 2. The van der Waals surface area contributed by atoms with E-state index in [1.54, 1.807) is 38.2 Å². The third kappa shape index (κ3) is 3.75. The molecule has 0 amide bonds. The molecule has 26 heavy (non-hydrogen) atoms. The Balaban J connectivity index is 1.77. The molecule has 0 saturated carbocycles. The van der Waals surface area contributed by atoms with Crippen molar-refractivity contribution in [3.05, 3.63) is 78.7 Å². The number of hydrogen-bond acceptors (Lipinski definition) is 5. The van der Waals surface area contributed by atoms with E-state index in [-0.39, 0.29) is 24.6 Å². The zero-order valence-corrected chi connectivity index (χ0v) is 14.9. The van der Waals surface area contributed by atoms with E-state index < -0.39 is 17.4 Å². The van der Waals surface area contributed by atoms with Crippen molar-refractivity contribution in [1.29, 1.82) is 0 Å². The first-order valence-electron chi connectivity index (χ1n) is 7.85. The molecule has 0 aliphatic heterocycles. The maximum Gasteiger partial charge on any atom is 0.328 e. The van der Waals surface area contributed by atoms with Crippen LogP contribution in [0.25, 0.3) is 0 Å². The molecule has 1 atom stereocenters. The molecule has 2 aromatic heterocycles. The van der Waals surface area contributed by atoms with Gasteiger partial charge in [-0.2, -0.15) is 4.98 Å². The van der Waals surface area contributed by atoms with Gasteiger partial charge in [0.1, 0.15) is 6.17 Å². The van der Waals surface area contributed by atoms with E-state index in [4.69, 9.17) is 16.1 Å². The van der Waals surface area contributed by atoms with Gasteiger partial charge in [0.25, 0.3) is 5.56 Å². The predicted molar refractivity (Wildman–Crippen MR) is 93.1 cm³/mol. The van der Waals surface area contributed by atoms with Crippen molar-refractivity contribution in [3.8, 4) is 0 Å². The summed E-state index contributed by atoms with van der Waals surface area (Å²) < 4.78 is 20.8. The minimum Gasteiger partial charge on any atom is -0.339 e. The normalized spacial score (nSPS) is 12.3. The van der Waals surface area contributed by atoms with Gasteiger partial charge in [-0.1, -0.05) is 28.9 Å². The molecule has 0 radical (unpaired) electrons. The first-order valence-corrected chi connectivity index (χ1v) is 8.22. The third-order valence-electron chi connectivity index (χ3n) is 4.17. The summed E-state index contributed by atoms with van der Waals surface area (Å²) in [6.07, 6.45) is -1.31. The second-order valence-corrected chi connectivity index (χ2v) is 6.32. The number of alkyl halides is 1. The molecule has 0 bridgehead atoms. The van der Waals surface area contributed by atoms with Crippen LogP contribution in [0.3, 0.4) is 0 Å². The van der Waals surface area contributed by atoms with E-state index in [1.807, 2.05) is 0 Å². The topological polar surface area (TPSA) is 93.8 Å². The van der Waals surface area contributed by atoms with Crippen molar-refractivity contribution < 1.29 is 8.91 Å². The lowest BCUT2D eigenvalue weighted by Crippen LogP contribution is -2.33. The summed E-state index contributed by atoms with van der Waals surface area (Å²) in [6.45, 7) is 1.65. The smallest absolute Gasteiger partial charge is 0.328 e. The van der Waals surface area contributed by atoms with Gasteiger partial charge < -0.3 is 9.09 Å². The molecule has 0 aliphatic carbocycles. The third-order valence-corrected chi connectivity index (χ3v) is 4.42. The molecule has 0 fully saturated rings. The molecule has 0 aliphatic rings. The Kier molecular flexibility index (Phi) is 5.03. The molecule has 2 heterocycles. The number of benzene rings is 1. The Hall–Kier alpha value is -2.74. The van der Waals surface area contributed by atoms with Crippen LogP contribution in [0, 0.1) is 6.92 Å². The van der Waals surface area contributed by atoms with E-state index in [1.165, 1.54) is 4.57 Å². The van der Waals surface area contributed by atoms with Crippen LogP contribution >= 0.6 is 11.6 Å². The van der Waals surface area contributed by atoms with Gasteiger partial charge in [0.2, 0.25) is 5.89 Å². The number of aromatic nitrogens is 4. The second-order valence-electron chi connectivity index (χ2n) is 5.89. The van der Waals surface area contributed by atoms with Crippen LogP contribution in [0.5, 0.6) is 0 Å². The quantitative estimate of drug-likeness (QED) is 0.735. The number of H-pyrrole nitrogens is 1. The largest absolute Gasteiger partial charge is 0.339 e. The van der Waals surface area contributed by atoms with Crippen LogP contribution in [0.4, 0.5) is 4.39 Å². The SMILES string of the molecule is Cc1c(Cc2nc(C[C@H](F)c3ccc(Cl)cc3)no2)c(=O)[nH]c(=O)n1C. The van der Waals surface area contributed by atoms with Gasteiger partial charge in [-0.3, -0.25) is 9.78 Å². The van der Waals surface area contributed by atoms with Crippen molar-refractivity contribution in [3.63, 3.8) is 0 Å². The lowest BCUT2D eigenvalue weighted by atomic mass is 10.1. The van der Waals surface area contributed by atoms with Gasteiger partial charge in [0, 0.05) is 29.7 Å². The molecule has 3 aromatic rings. The molecule has 1 N–H and O–H groups in total. The molecular weight excluding hydrogens is 363 g/mol. The van der Waals surface area contributed by atoms with E-state index in [0.717, 1.165) is 0 Å². The van der Waals surface area contributed by atoms with Crippen LogP contribution in [-0.2, 0) is 19.9 Å². The fourth-order valence-corrected chi connectivity index (χ4v) is 2.66. The van der Waals surface area contributed by atoms with Gasteiger partial charge in [-0.05, 0) is 24.6 Å². The Morgan fingerprint density at radius 3 is 2.69 bits per heavy atom. The van der Waals surface area contributed by atoms with Gasteiger partial charge in [0.15, 0.2) is 5.82 Å². The maximum atomic E-state index is 14.4. The average Bonchev–Trinajstić information content (AvgIpc) is 3.04. The highest BCUT2D eigenvalue weighted by atomic mass is 35.5. The molecular formula is C17H16ClFN4O3. The van der Waals surface area contributed by atoms with Crippen molar-refractivity contribution >= 4 is 11.6 Å². The van der Waals surface area contributed by atoms with Crippen LogP contribution in [-0.4, -0.2) is 19.7 Å². The summed E-state index contributed by atoms with van der Waals surface area (Å²) in [5, 5.41) is 4.29. The molecule has 7 nitrogen and oxygen atoms in total. The van der Waals surface area contributed by atoms with Gasteiger partial charge in [-0.25, -0.2) is 9.18 Å². The van der Waals surface area contributed by atoms with Gasteiger partial charge >= 0.3 is 5.69 Å². The van der Waals surface area contributed by atoms with Crippen LogP contribution in [0.2, 0.25) is 5.02 Å². The zero-order valence-electron chi connectivity index (χ0n) is 14.1. The molecule has 1 aromatic carbocycles. The van der Waals surface area contributed by atoms with Crippen molar-refractivity contribution in [2.45, 2.75) is 25.9 Å². The lowest BCUT2D eigenvalue weighted by molar-refractivity contribution is 0.326. The van der Waals surface area contributed by atoms with Crippen LogP contribution < -0.4 is 11.2 Å². The minimum atomic E-state index is -1.31. The minimum absolute atomic E-state index is 0.0557. The van der Waals surface area contributed by atoms with E-state index in [0.29, 0.717) is 21.8 Å². The maximum absolute atomic E-state index is 14.4. The Bertz CT molecular complexity index is 1040. The highest BCUT2D eigenvalue weighted by Crippen LogP contribution is 2.23. The van der Waals surface area contributed by atoms with E-state index in [9.17, 15) is 14.0 Å². The van der Waals surface area contributed by atoms with Crippen molar-refractivity contribution in [2.75, 3.05) is 0 Å². The number of hydrogen-bond donors (Lipinski definition) is 1. The van der Waals surface area contributed by atoms with Crippen molar-refractivity contribution in [1.82, 2.24) is 19.7 Å². The summed E-state index contributed by atoms with van der Waals surface area (Å²) in [5.41, 5.74) is 0.312.